The molecule has 0 spiro atoms. The van der Waals surface area contributed by atoms with Gasteiger partial charge in [0, 0.05) is 46.3 Å². The first-order chi connectivity index (χ1) is 24.7. The Morgan fingerprint density at radius 3 is 2.31 bits per heavy atom. The first-order valence-corrected chi connectivity index (χ1v) is 19.2. The van der Waals surface area contributed by atoms with Gasteiger partial charge in [-0.3, -0.25) is 4.57 Å². The molecule has 5 nitrogen and oxygen atoms in total. The number of para-hydroxylation sites is 1. The van der Waals surface area contributed by atoms with E-state index in [0.29, 0.717) is 17.8 Å². The molecule has 0 saturated carbocycles. The molecule has 52 heavy (non-hydrogen) atoms. The molecular formula is C47H56N4O. The summed E-state index contributed by atoms with van der Waals surface area (Å²) in [5, 5.41) is 7.67. The van der Waals surface area contributed by atoms with Crippen molar-refractivity contribution in [2.24, 2.45) is 16.7 Å². The topological polar surface area (TPSA) is 44.9 Å². The van der Waals surface area contributed by atoms with Crippen LogP contribution in [0.25, 0.3) is 33.3 Å². The summed E-state index contributed by atoms with van der Waals surface area (Å²) in [6.07, 6.45) is 7.74. The molecule has 0 fully saturated rings. The van der Waals surface area contributed by atoms with Crippen LogP contribution in [-0.4, -0.2) is 19.3 Å². The van der Waals surface area contributed by atoms with Crippen molar-refractivity contribution in [1.29, 1.82) is 0 Å². The van der Waals surface area contributed by atoms with E-state index in [1.807, 2.05) is 6.20 Å². The van der Waals surface area contributed by atoms with Gasteiger partial charge in [-0.2, -0.15) is 5.10 Å². The van der Waals surface area contributed by atoms with Gasteiger partial charge in [0.15, 0.2) is 0 Å². The molecule has 0 amide bonds. The van der Waals surface area contributed by atoms with Crippen LogP contribution in [0, 0.1) is 30.6 Å². The molecule has 0 saturated heterocycles. The van der Waals surface area contributed by atoms with E-state index < -0.39 is 0 Å². The Bertz CT molecular complexity index is 2300. The summed E-state index contributed by atoms with van der Waals surface area (Å²) in [5.74, 6) is 3.71. The number of nitrogens with zero attached hydrogens (tertiary/aromatic N) is 4. The molecule has 2 atom stereocenters. The fraction of sp³-hybridized carbons (Fsp3) is 0.404. The highest BCUT2D eigenvalue weighted by Gasteiger charge is 2.42. The van der Waals surface area contributed by atoms with Gasteiger partial charge in [0.1, 0.15) is 17.3 Å². The molecule has 3 heterocycles. The zero-order chi connectivity index (χ0) is 37.1. The normalized spacial score (nSPS) is 17.0. The number of aryl methyl sites for hydroxylation is 2. The largest absolute Gasteiger partial charge is 0.457 e. The lowest BCUT2D eigenvalue weighted by atomic mass is 9.59. The zero-order valence-corrected chi connectivity index (χ0v) is 33.1. The minimum atomic E-state index is 0.0792. The van der Waals surface area contributed by atoms with Gasteiger partial charge in [-0.25, -0.2) is 9.67 Å². The molecule has 0 radical (unpaired) electrons. The summed E-state index contributed by atoms with van der Waals surface area (Å²) < 4.78 is 11.2. The van der Waals surface area contributed by atoms with E-state index in [-0.39, 0.29) is 10.8 Å². The van der Waals surface area contributed by atoms with Crippen molar-refractivity contribution in [3.05, 3.63) is 119 Å². The molecule has 0 N–H and O–H groups in total. The third-order valence-corrected chi connectivity index (χ3v) is 11.4. The van der Waals surface area contributed by atoms with Gasteiger partial charge >= 0.3 is 0 Å². The van der Waals surface area contributed by atoms with Crippen molar-refractivity contribution in [2.45, 2.75) is 107 Å². The third kappa shape index (κ3) is 6.48. The first kappa shape index (κ1) is 35.7. The highest BCUT2D eigenvalue weighted by atomic mass is 16.5. The van der Waals surface area contributed by atoms with Crippen LogP contribution < -0.4 is 4.74 Å². The van der Waals surface area contributed by atoms with Crippen molar-refractivity contribution in [3.8, 4) is 23.0 Å². The van der Waals surface area contributed by atoms with E-state index in [2.05, 4.69) is 164 Å². The number of benzene rings is 3. The van der Waals surface area contributed by atoms with E-state index in [9.17, 15) is 0 Å². The average Bonchev–Trinajstić information content (AvgIpc) is 3.59. The molecule has 270 valence electrons. The number of ether oxygens (including phenoxy) is 1. The molecule has 0 aliphatic heterocycles. The number of hydrogen-bond donors (Lipinski definition) is 0. The molecule has 7 rings (SSSR count). The quantitative estimate of drug-likeness (QED) is 0.156. The fourth-order valence-corrected chi connectivity index (χ4v) is 8.67. The average molecular weight is 693 g/mol. The molecule has 3 aromatic carbocycles. The Balaban J connectivity index is 1.33. The summed E-state index contributed by atoms with van der Waals surface area (Å²) in [5.41, 5.74) is 11.3. The van der Waals surface area contributed by atoms with Gasteiger partial charge in [0.25, 0.3) is 0 Å². The molecule has 1 aliphatic carbocycles. The Morgan fingerprint density at radius 1 is 0.846 bits per heavy atom. The van der Waals surface area contributed by atoms with Crippen molar-refractivity contribution < 1.29 is 4.74 Å². The van der Waals surface area contributed by atoms with Gasteiger partial charge in [-0.15, -0.1) is 0 Å². The second kappa shape index (κ2) is 13.4. The van der Waals surface area contributed by atoms with Gasteiger partial charge in [-0.05, 0) is 109 Å². The lowest BCUT2D eigenvalue weighted by Crippen LogP contribution is -2.34. The van der Waals surface area contributed by atoms with Crippen molar-refractivity contribution >= 4 is 21.8 Å². The number of allylic oxidation sites excluding steroid dienone is 2. The lowest BCUT2D eigenvalue weighted by Gasteiger charge is -2.45. The third-order valence-electron chi connectivity index (χ3n) is 11.4. The second-order valence-electron chi connectivity index (χ2n) is 17.4. The predicted molar refractivity (Wildman–Crippen MR) is 218 cm³/mol. The van der Waals surface area contributed by atoms with E-state index in [1.54, 1.807) is 5.57 Å². The van der Waals surface area contributed by atoms with Crippen LogP contribution in [0.15, 0.2) is 90.6 Å². The van der Waals surface area contributed by atoms with Gasteiger partial charge in [0.2, 0.25) is 0 Å². The molecule has 0 bridgehead atoms. The van der Waals surface area contributed by atoms with Gasteiger partial charge in [-0.1, -0.05) is 92.2 Å². The van der Waals surface area contributed by atoms with Crippen LogP contribution in [0.2, 0.25) is 0 Å². The maximum Gasteiger partial charge on any atom is 0.137 e. The summed E-state index contributed by atoms with van der Waals surface area (Å²) in [6.45, 7) is 25.5. The molecular weight excluding hydrogens is 637 g/mol. The van der Waals surface area contributed by atoms with Crippen molar-refractivity contribution in [2.75, 3.05) is 0 Å². The Labute approximate surface area is 310 Å². The van der Waals surface area contributed by atoms with Crippen LogP contribution in [-0.2, 0) is 6.42 Å². The van der Waals surface area contributed by atoms with E-state index in [0.717, 1.165) is 52.6 Å². The monoisotopic (exact) mass is 692 g/mol. The van der Waals surface area contributed by atoms with Gasteiger partial charge in [0.05, 0.1) is 22.4 Å². The molecule has 6 aromatic rings. The maximum atomic E-state index is 6.80. The number of hydrogen-bond acceptors (Lipinski definition) is 3. The zero-order valence-electron chi connectivity index (χ0n) is 33.1. The highest BCUT2D eigenvalue weighted by molar-refractivity contribution is 6.09. The summed E-state index contributed by atoms with van der Waals surface area (Å²) in [4.78, 5) is 4.82. The molecule has 5 heteroatoms. The molecule has 1 unspecified atom stereocenters. The van der Waals surface area contributed by atoms with Crippen molar-refractivity contribution in [3.63, 3.8) is 0 Å². The number of pyridine rings is 1. The Hall–Kier alpha value is -4.64. The smallest absolute Gasteiger partial charge is 0.137 e. The molecule has 1 aliphatic rings. The van der Waals surface area contributed by atoms with E-state index in [1.165, 1.54) is 39.6 Å². The highest BCUT2D eigenvalue weighted by Crippen LogP contribution is 2.53. The second-order valence-corrected chi connectivity index (χ2v) is 17.4. The van der Waals surface area contributed by atoms with Crippen LogP contribution in [0.4, 0.5) is 0 Å². The maximum absolute atomic E-state index is 6.80. The van der Waals surface area contributed by atoms with Crippen LogP contribution in [0.3, 0.4) is 0 Å². The summed E-state index contributed by atoms with van der Waals surface area (Å²) >= 11 is 0. The fourth-order valence-electron chi connectivity index (χ4n) is 8.67. The van der Waals surface area contributed by atoms with E-state index >= 15 is 0 Å². The Kier molecular flexibility index (Phi) is 9.21. The van der Waals surface area contributed by atoms with Crippen LogP contribution in [0.5, 0.6) is 11.5 Å². The standard InChI is InChI=1S/C47H56N4O/c1-12-32-22-23-48-43(24-32)50-41-19-14-13-16-37(41)38-21-20-35(28-42(38)50)52-36-26-33(29(2)3)25-34(27-36)51-31(5)44(30(4)49-51)45-39(46(6,7)8)17-15-18-40(45)47(9,10)11/h13-14,16-17,19-29,40,45H,12,15,18H2,1-11H3/t40?,45-/m0/s1. The van der Waals surface area contributed by atoms with Crippen molar-refractivity contribution in [1.82, 2.24) is 19.3 Å². The van der Waals surface area contributed by atoms with Gasteiger partial charge < -0.3 is 4.74 Å². The van der Waals surface area contributed by atoms with E-state index in [4.69, 9.17) is 14.8 Å². The number of fused-ring (bicyclic) bond motifs is 3. The minimum absolute atomic E-state index is 0.0792. The van der Waals surface area contributed by atoms with Crippen LogP contribution in [0.1, 0.15) is 115 Å². The predicted octanol–water partition coefficient (Wildman–Crippen LogP) is 13.0. The molecule has 3 aromatic heterocycles. The summed E-state index contributed by atoms with van der Waals surface area (Å²) in [7, 11) is 0. The Morgan fingerprint density at radius 2 is 1.60 bits per heavy atom. The SMILES string of the molecule is CCc1ccnc(-n2c3ccccc3c3ccc(Oc4cc(C(C)C)cc(-n5nc(C)c([C@H]6C(C(C)(C)C)=CCCC6C(C)(C)C)c5C)c4)cc32)c1. The van der Waals surface area contributed by atoms with Crippen LogP contribution >= 0.6 is 0 Å². The summed E-state index contributed by atoms with van der Waals surface area (Å²) in [6, 6.07) is 25.9. The first-order valence-electron chi connectivity index (χ1n) is 19.2. The number of rotatable bonds is 7. The minimum Gasteiger partial charge on any atom is -0.457 e. The number of aromatic nitrogens is 4. The lowest BCUT2D eigenvalue weighted by molar-refractivity contribution is 0.180.